The highest BCUT2D eigenvalue weighted by Crippen LogP contribution is 2.30. The molecule has 0 spiro atoms. The Hall–Kier alpha value is -3.74. The summed E-state index contributed by atoms with van der Waals surface area (Å²) in [5.41, 5.74) is 1.51. The van der Waals surface area contributed by atoms with Crippen molar-refractivity contribution >= 4 is 23.2 Å². The Morgan fingerprint density at radius 3 is 2.31 bits per heavy atom. The monoisotopic (exact) mass is 394 g/mol. The molecule has 29 heavy (non-hydrogen) atoms. The van der Waals surface area contributed by atoms with E-state index < -0.39 is 0 Å². The van der Waals surface area contributed by atoms with Gasteiger partial charge in [0, 0.05) is 17.3 Å². The standard InChI is InChI=1S/C22H22N2O5/c1-3-27-17-11-12-19(28-4-2)18(14-17)24-21(25)15-7-9-16(10-8-15)23-22(26)20-6-5-13-29-20/h5-14H,3-4H2,1-2H3,(H,23,26)(H,24,25). The van der Waals surface area contributed by atoms with Gasteiger partial charge in [0.1, 0.15) is 11.5 Å². The lowest BCUT2D eigenvalue weighted by molar-refractivity contribution is 0.0995. The number of anilines is 2. The van der Waals surface area contributed by atoms with Gasteiger partial charge in [-0.3, -0.25) is 9.59 Å². The summed E-state index contributed by atoms with van der Waals surface area (Å²) in [6.07, 6.45) is 1.43. The summed E-state index contributed by atoms with van der Waals surface area (Å²) in [6, 6.07) is 15.0. The zero-order chi connectivity index (χ0) is 20.6. The highest BCUT2D eigenvalue weighted by Gasteiger charge is 2.13. The van der Waals surface area contributed by atoms with Crippen LogP contribution >= 0.6 is 0 Å². The molecule has 2 amide bonds. The number of nitrogens with one attached hydrogen (secondary N) is 2. The largest absolute Gasteiger partial charge is 0.494 e. The van der Waals surface area contributed by atoms with E-state index in [1.54, 1.807) is 54.6 Å². The predicted octanol–water partition coefficient (Wildman–Crippen LogP) is 4.58. The van der Waals surface area contributed by atoms with E-state index in [2.05, 4.69) is 10.6 Å². The van der Waals surface area contributed by atoms with Crippen molar-refractivity contribution in [2.24, 2.45) is 0 Å². The van der Waals surface area contributed by atoms with E-state index in [-0.39, 0.29) is 17.6 Å². The van der Waals surface area contributed by atoms with Crippen molar-refractivity contribution in [1.29, 1.82) is 0 Å². The predicted molar refractivity (Wildman–Crippen MR) is 110 cm³/mol. The quantitative estimate of drug-likeness (QED) is 0.584. The van der Waals surface area contributed by atoms with Crippen LogP contribution in [0.3, 0.4) is 0 Å². The topological polar surface area (TPSA) is 89.8 Å². The van der Waals surface area contributed by atoms with Crippen molar-refractivity contribution in [2.75, 3.05) is 23.8 Å². The number of carbonyl (C=O) groups is 2. The summed E-state index contributed by atoms with van der Waals surface area (Å²) in [5.74, 6) is 0.753. The van der Waals surface area contributed by atoms with Crippen LogP contribution in [0, 0.1) is 0 Å². The molecule has 0 aliphatic carbocycles. The fourth-order valence-electron chi connectivity index (χ4n) is 2.64. The first-order chi connectivity index (χ1) is 14.1. The molecule has 7 nitrogen and oxygen atoms in total. The van der Waals surface area contributed by atoms with E-state index in [1.165, 1.54) is 6.26 Å². The number of amides is 2. The zero-order valence-electron chi connectivity index (χ0n) is 16.2. The Balaban J connectivity index is 1.70. The van der Waals surface area contributed by atoms with Crippen LogP contribution in [0.25, 0.3) is 0 Å². The van der Waals surface area contributed by atoms with Crippen LogP contribution in [0.2, 0.25) is 0 Å². The molecule has 2 N–H and O–H groups in total. The maximum Gasteiger partial charge on any atom is 0.291 e. The molecule has 0 fully saturated rings. The van der Waals surface area contributed by atoms with Crippen LogP contribution in [0.4, 0.5) is 11.4 Å². The van der Waals surface area contributed by atoms with Crippen molar-refractivity contribution in [3.8, 4) is 11.5 Å². The second kappa shape index (κ2) is 9.45. The summed E-state index contributed by atoms with van der Waals surface area (Å²) in [5, 5.41) is 5.55. The fraction of sp³-hybridized carbons (Fsp3) is 0.182. The lowest BCUT2D eigenvalue weighted by atomic mass is 10.1. The number of ether oxygens (including phenoxy) is 2. The third kappa shape index (κ3) is 5.16. The molecular formula is C22H22N2O5. The van der Waals surface area contributed by atoms with Gasteiger partial charge in [-0.15, -0.1) is 0 Å². The molecule has 150 valence electrons. The molecule has 1 aromatic heterocycles. The van der Waals surface area contributed by atoms with Crippen molar-refractivity contribution in [3.63, 3.8) is 0 Å². The molecule has 0 radical (unpaired) electrons. The summed E-state index contributed by atoms with van der Waals surface area (Å²) in [6.45, 7) is 4.76. The van der Waals surface area contributed by atoms with E-state index in [0.29, 0.717) is 41.7 Å². The summed E-state index contributed by atoms with van der Waals surface area (Å²) in [4.78, 5) is 24.7. The molecule has 3 rings (SSSR count). The third-order valence-electron chi connectivity index (χ3n) is 3.96. The number of rotatable bonds is 8. The van der Waals surface area contributed by atoms with E-state index >= 15 is 0 Å². The van der Waals surface area contributed by atoms with Gasteiger partial charge in [0.05, 0.1) is 25.2 Å². The number of carbonyl (C=O) groups excluding carboxylic acids is 2. The molecule has 0 aliphatic rings. The van der Waals surface area contributed by atoms with Crippen LogP contribution in [0.5, 0.6) is 11.5 Å². The molecular weight excluding hydrogens is 372 g/mol. The molecule has 0 unspecified atom stereocenters. The summed E-state index contributed by atoms with van der Waals surface area (Å²) < 4.78 is 16.1. The van der Waals surface area contributed by atoms with E-state index in [4.69, 9.17) is 13.9 Å². The number of hydrogen-bond donors (Lipinski definition) is 2. The maximum absolute atomic E-state index is 12.7. The summed E-state index contributed by atoms with van der Waals surface area (Å²) in [7, 11) is 0. The SMILES string of the molecule is CCOc1ccc(OCC)c(NC(=O)c2ccc(NC(=O)c3ccco3)cc2)c1. The van der Waals surface area contributed by atoms with E-state index in [9.17, 15) is 9.59 Å². The van der Waals surface area contributed by atoms with Gasteiger partial charge < -0.3 is 24.5 Å². The van der Waals surface area contributed by atoms with Gasteiger partial charge in [-0.1, -0.05) is 0 Å². The first-order valence-electron chi connectivity index (χ1n) is 9.26. The van der Waals surface area contributed by atoms with Gasteiger partial charge in [-0.05, 0) is 62.4 Å². The molecule has 7 heteroatoms. The minimum absolute atomic E-state index is 0.212. The Morgan fingerprint density at radius 2 is 1.66 bits per heavy atom. The Morgan fingerprint density at radius 1 is 0.897 bits per heavy atom. The van der Waals surface area contributed by atoms with Crippen molar-refractivity contribution < 1.29 is 23.5 Å². The molecule has 0 aliphatic heterocycles. The van der Waals surface area contributed by atoms with Crippen LogP contribution in [-0.4, -0.2) is 25.0 Å². The van der Waals surface area contributed by atoms with Crippen molar-refractivity contribution in [2.45, 2.75) is 13.8 Å². The molecule has 0 saturated heterocycles. The van der Waals surface area contributed by atoms with Crippen molar-refractivity contribution in [3.05, 3.63) is 72.2 Å². The second-order valence-corrected chi connectivity index (χ2v) is 5.99. The van der Waals surface area contributed by atoms with Gasteiger partial charge in [-0.2, -0.15) is 0 Å². The van der Waals surface area contributed by atoms with Crippen LogP contribution in [-0.2, 0) is 0 Å². The van der Waals surface area contributed by atoms with Gasteiger partial charge in [0.25, 0.3) is 11.8 Å². The lowest BCUT2D eigenvalue weighted by Gasteiger charge is -2.14. The smallest absolute Gasteiger partial charge is 0.291 e. The molecule has 0 bridgehead atoms. The van der Waals surface area contributed by atoms with Crippen LogP contribution in [0.1, 0.15) is 34.8 Å². The van der Waals surface area contributed by atoms with Gasteiger partial charge in [0.15, 0.2) is 5.76 Å². The van der Waals surface area contributed by atoms with E-state index in [1.807, 2.05) is 13.8 Å². The number of furan rings is 1. The van der Waals surface area contributed by atoms with Crippen molar-refractivity contribution in [1.82, 2.24) is 0 Å². The molecule has 3 aromatic rings. The molecule has 0 atom stereocenters. The highest BCUT2D eigenvalue weighted by molar-refractivity contribution is 6.06. The highest BCUT2D eigenvalue weighted by atomic mass is 16.5. The average molecular weight is 394 g/mol. The fourth-order valence-corrected chi connectivity index (χ4v) is 2.64. The molecule has 2 aromatic carbocycles. The third-order valence-corrected chi connectivity index (χ3v) is 3.96. The number of benzene rings is 2. The maximum atomic E-state index is 12.7. The first-order valence-corrected chi connectivity index (χ1v) is 9.26. The Kier molecular flexibility index (Phi) is 6.52. The minimum Gasteiger partial charge on any atom is -0.494 e. The molecule has 1 heterocycles. The van der Waals surface area contributed by atoms with Gasteiger partial charge in [-0.25, -0.2) is 0 Å². The minimum atomic E-state index is -0.360. The number of hydrogen-bond acceptors (Lipinski definition) is 5. The van der Waals surface area contributed by atoms with Crippen LogP contribution in [0.15, 0.2) is 65.3 Å². The van der Waals surface area contributed by atoms with Gasteiger partial charge in [0.2, 0.25) is 0 Å². The Bertz CT molecular complexity index is 965. The Labute approximate surface area is 168 Å². The van der Waals surface area contributed by atoms with Gasteiger partial charge >= 0.3 is 0 Å². The zero-order valence-corrected chi connectivity index (χ0v) is 16.2. The van der Waals surface area contributed by atoms with E-state index in [0.717, 1.165) is 0 Å². The first kappa shape index (κ1) is 20.0. The van der Waals surface area contributed by atoms with Crippen LogP contribution < -0.4 is 20.1 Å². The second-order valence-electron chi connectivity index (χ2n) is 5.99. The summed E-state index contributed by atoms with van der Waals surface area (Å²) >= 11 is 0. The normalized spacial score (nSPS) is 10.3. The molecule has 0 saturated carbocycles. The average Bonchev–Trinajstić information content (AvgIpc) is 3.26. The lowest BCUT2D eigenvalue weighted by Crippen LogP contribution is -2.14.